The average Bonchev–Trinajstić information content (AvgIpc) is 3.03. The van der Waals surface area contributed by atoms with Crippen LogP contribution in [0.1, 0.15) is 18.7 Å². The Labute approximate surface area is 169 Å². The van der Waals surface area contributed by atoms with Gasteiger partial charge in [0.25, 0.3) is 5.91 Å². The van der Waals surface area contributed by atoms with E-state index in [0.717, 1.165) is 43.8 Å². The Hall–Kier alpha value is -2.53. The van der Waals surface area contributed by atoms with E-state index in [1.165, 1.54) is 5.52 Å². The lowest BCUT2D eigenvalue weighted by Crippen LogP contribution is -2.41. The number of nitrogens with zero attached hydrogens (tertiary/aromatic N) is 3. The summed E-state index contributed by atoms with van der Waals surface area (Å²) in [5, 5.41) is 0.654. The first-order valence-corrected chi connectivity index (χ1v) is 10.1. The van der Waals surface area contributed by atoms with Crippen molar-refractivity contribution in [2.45, 2.75) is 26.3 Å². The molecule has 0 bridgehead atoms. The molecule has 3 aromatic rings. The van der Waals surface area contributed by atoms with Crippen molar-refractivity contribution in [1.82, 2.24) is 14.5 Å². The SMILES string of the molecule is Cc1nc2ccccc2n1CC1CCN(C(=O)COc2ccc(Cl)cc2)CC1. The molecule has 1 amide bonds. The average molecular weight is 398 g/mol. The predicted octanol–water partition coefficient (Wildman–Crippen LogP) is 4.32. The van der Waals surface area contributed by atoms with Crippen molar-refractivity contribution in [3.8, 4) is 5.75 Å². The summed E-state index contributed by atoms with van der Waals surface area (Å²) in [6.07, 6.45) is 2.00. The fourth-order valence-corrected chi connectivity index (χ4v) is 3.94. The molecule has 1 fully saturated rings. The molecular formula is C22H24ClN3O2. The predicted molar refractivity (Wildman–Crippen MR) is 111 cm³/mol. The number of aromatic nitrogens is 2. The fourth-order valence-electron chi connectivity index (χ4n) is 3.82. The highest BCUT2D eigenvalue weighted by Gasteiger charge is 2.24. The molecule has 0 N–H and O–H groups in total. The minimum Gasteiger partial charge on any atom is -0.484 e. The van der Waals surface area contributed by atoms with Crippen LogP contribution in [-0.4, -0.2) is 40.1 Å². The Balaban J connectivity index is 1.30. The van der Waals surface area contributed by atoms with E-state index in [1.54, 1.807) is 24.3 Å². The highest BCUT2D eigenvalue weighted by atomic mass is 35.5. The van der Waals surface area contributed by atoms with Gasteiger partial charge in [-0.15, -0.1) is 0 Å². The summed E-state index contributed by atoms with van der Waals surface area (Å²) in [5.74, 6) is 2.31. The summed E-state index contributed by atoms with van der Waals surface area (Å²) < 4.78 is 7.90. The van der Waals surface area contributed by atoms with Crippen molar-refractivity contribution >= 4 is 28.5 Å². The van der Waals surface area contributed by atoms with Gasteiger partial charge in [-0.1, -0.05) is 23.7 Å². The zero-order valence-corrected chi connectivity index (χ0v) is 16.7. The number of rotatable bonds is 5. The second kappa shape index (κ2) is 8.23. The van der Waals surface area contributed by atoms with E-state index in [0.29, 0.717) is 16.7 Å². The molecule has 0 aliphatic carbocycles. The van der Waals surface area contributed by atoms with Gasteiger partial charge in [0.2, 0.25) is 0 Å². The van der Waals surface area contributed by atoms with Crippen molar-refractivity contribution in [3.05, 3.63) is 59.4 Å². The molecule has 5 nitrogen and oxygen atoms in total. The van der Waals surface area contributed by atoms with Gasteiger partial charge in [0.1, 0.15) is 11.6 Å². The minimum atomic E-state index is 0.0395. The number of benzene rings is 2. The molecule has 2 aromatic carbocycles. The normalized spacial score (nSPS) is 15.1. The van der Waals surface area contributed by atoms with Crippen LogP contribution in [0.15, 0.2) is 48.5 Å². The van der Waals surface area contributed by atoms with Gasteiger partial charge >= 0.3 is 0 Å². The maximum atomic E-state index is 12.5. The summed E-state index contributed by atoms with van der Waals surface area (Å²) in [6, 6.07) is 15.3. The molecule has 0 radical (unpaired) electrons. The number of para-hydroxylation sites is 2. The number of aryl methyl sites for hydroxylation is 1. The third-order valence-corrected chi connectivity index (χ3v) is 5.68. The second-order valence-electron chi connectivity index (χ2n) is 7.33. The zero-order chi connectivity index (χ0) is 19.5. The van der Waals surface area contributed by atoms with Crippen LogP contribution in [-0.2, 0) is 11.3 Å². The first-order valence-electron chi connectivity index (χ1n) is 9.68. The summed E-state index contributed by atoms with van der Waals surface area (Å²) in [4.78, 5) is 19.0. The first-order chi connectivity index (χ1) is 13.6. The number of imidazole rings is 1. The molecule has 1 saturated heterocycles. The molecule has 1 aliphatic heterocycles. The molecule has 0 spiro atoms. The molecule has 0 unspecified atom stereocenters. The lowest BCUT2D eigenvalue weighted by molar-refractivity contribution is -0.134. The fraction of sp³-hybridized carbons (Fsp3) is 0.364. The molecule has 28 heavy (non-hydrogen) atoms. The number of fused-ring (bicyclic) bond motifs is 1. The van der Waals surface area contributed by atoms with Crippen LogP contribution in [0.3, 0.4) is 0 Å². The van der Waals surface area contributed by atoms with Crippen LogP contribution in [0.5, 0.6) is 5.75 Å². The van der Waals surface area contributed by atoms with E-state index in [1.807, 2.05) is 11.0 Å². The second-order valence-corrected chi connectivity index (χ2v) is 7.76. The van der Waals surface area contributed by atoms with Crippen LogP contribution in [0.2, 0.25) is 5.02 Å². The molecule has 4 rings (SSSR count). The number of ether oxygens (including phenoxy) is 1. The van der Waals surface area contributed by atoms with Crippen LogP contribution >= 0.6 is 11.6 Å². The number of halogens is 1. The maximum Gasteiger partial charge on any atom is 0.260 e. The number of hydrogen-bond donors (Lipinski definition) is 0. The Morgan fingerprint density at radius 3 is 2.61 bits per heavy atom. The van der Waals surface area contributed by atoms with Gasteiger partial charge in [-0.2, -0.15) is 0 Å². The Bertz CT molecular complexity index is 960. The minimum absolute atomic E-state index is 0.0395. The number of amides is 1. The Kier molecular flexibility index (Phi) is 5.53. The van der Waals surface area contributed by atoms with Crippen molar-refractivity contribution in [2.24, 2.45) is 5.92 Å². The molecule has 0 saturated carbocycles. The number of carbonyl (C=O) groups is 1. The van der Waals surface area contributed by atoms with E-state index in [9.17, 15) is 4.79 Å². The van der Waals surface area contributed by atoms with Gasteiger partial charge in [0, 0.05) is 24.7 Å². The summed E-state index contributed by atoms with van der Waals surface area (Å²) >= 11 is 5.87. The van der Waals surface area contributed by atoms with Crippen LogP contribution < -0.4 is 4.74 Å². The molecular weight excluding hydrogens is 374 g/mol. The van der Waals surface area contributed by atoms with E-state index in [-0.39, 0.29) is 12.5 Å². The number of piperidine rings is 1. The molecule has 0 atom stereocenters. The zero-order valence-electron chi connectivity index (χ0n) is 16.0. The molecule has 6 heteroatoms. The maximum absolute atomic E-state index is 12.5. The Morgan fingerprint density at radius 2 is 1.86 bits per heavy atom. The number of carbonyl (C=O) groups excluding carboxylic acids is 1. The number of hydrogen-bond acceptors (Lipinski definition) is 3. The summed E-state index contributed by atoms with van der Waals surface area (Å²) in [7, 11) is 0. The van der Waals surface area contributed by atoms with Crippen molar-refractivity contribution in [2.75, 3.05) is 19.7 Å². The number of likely N-dealkylation sites (tertiary alicyclic amines) is 1. The first kappa shape index (κ1) is 18.8. The quantitative estimate of drug-likeness (QED) is 0.644. The van der Waals surface area contributed by atoms with E-state index in [2.05, 4.69) is 34.7 Å². The standard InChI is InChI=1S/C22H24ClN3O2/c1-16-24-20-4-2-3-5-21(20)26(16)14-17-10-12-25(13-11-17)22(27)15-28-19-8-6-18(23)7-9-19/h2-9,17H,10-15H2,1H3. The smallest absolute Gasteiger partial charge is 0.260 e. The van der Waals surface area contributed by atoms with Gasteiger partial charge in [0.05, 0.1) is 11.0 Å². The molecule has 2 heterocycles. The topological polar surface area (TPSA) is 47.4 Å². The Morgan fingerprint density at radius 1 is 1.14 bits per heavy atom. The van der Waals surface area contributed by atoms with Gasteiger partial charge < -0.3 is 14.2 Å². The van der Waals surface area contributed by atoms with Gasteiger partial charge in [0.15, 0.2) is 6.61 Å². The van der Waals surface area contributed by atoms with Crippen LogP contribution in [0.4, 0.5) is 0 Å². The lowest BCUT2D eigenvalue weighted by atomic mass is 9.96. The van der Waals surface area contributed by atoms with E-state index in [4.69, 9.17) is 16.3 Å². The summed E-state index contributed by atoms with van der Waals surface area (Å²) in [6.45, 7) is 4.64. The van der Waals surface area contributed by atoms with E-state index >= 15 is 0 Å². The summed E-state index contributed by atoms with van der Waals surface area (Å²) in [5.41, 5.74) is 2.24. The van der Waals surface area contributed by atoms with E-state index < -0.39 is 0 Å². The van der Waals surface area contributed by atoms with Crippen molar-refractivity contribution < 1.29 is 9.53 Å². The monoisotopic (exact) mass is 397 g/mol. The molecule has 1 aliphatic rings. The lowest BCUT2D eigenvalue weighted by Gasteiger charge is -2.32. The van der Waals surface area contributed by atoms with Gasteiger partial charge in [-0.25, -0.2) is 4.98 Å². The highest BCUT2D eigenvalue weighted by molar-refractivity contribution is 6.30. The highest BCUT2D eigenvalue weighted by Crippen LogP contribution is 2.23. The van der Waals surface area contributed by atoms with Gasteiger partial charge in [-0.3, -0.25) is 4.79 Å². The molecule has 146 valence electrons. The molecule has 1 aromatic heterocycles. The van der Waals surface area contributed by atoms with Crippen LogP contribution in [0, 0.1) is 12.8 Å². The van der Waals surface area contributed by atoms with Gasteiger partial charge in [-0.05, 0) is 62.1 Å². The van der Waals surface area contributed by atoms with Crippen molar-refractivity contribution in [1.29, 1.82) is 0 Å². The third kappa shape index (κ3) is 4.14. The van der Waals surface area contributed by atoms with Crippen LogP contribution in [0.25, 0.3) is 11.0 Å². The largest absolute Gasteiger partial charge is 0.484 e. The van der Waals surface area contributed by atoms with Crippen molar-refractivity contribution in [3.63, 3.8) is 0 Å². The third-order valence-electron chi connectivity index (χ3n) is 5.43.